The lowest BCUT2D eigenvalue weighted by Crippen LogP contribution is -2.33. The molecule has 8 heteroatoms. The Morgan fingerprint density at radius 2 is 2.04 bits per heavy atom. The van der Waals surface area contributed by atoms with Gasteiger partial charge in [-0.1, -0.05) is 20.8 Å². The zero-order valence-electron chi connectivity index (χ0n) is 13.8. The number of fused-ring (bicyclic) bond motifs is 1. The predicted molar refractivity (Wildman–Crippen MR) is 86.5 cm³/mol. The van der Waals surface area contributed by atoms with Crippen molar-refractivity contribution < 1.29 is 9.21 Å². The molecule has 0 fully saturated rings. The van der Waals surface area contributed by atoms with Gasteiger partial charge in [-0.05, 0) is 24.3 Å². The van der Waals surface area contributed by atoms with E-state index in [9.17, 15) is 9.59 Å². The summed E-state index contributed by atoms with van der Waals surface area (Å²) in [5.74, 6) is 0.315. The summed E-state index contributed by atoms with van der Waals surface area (Å²) in [6, 6.07) is 7.07. The third-order valence-corrected chi connectivity index (χ3v) is 3.54. The molecule has 1 N–H and O–H groups in total. The average molecular weight is 329 g/mol. The van der Waals surface area contributed by atoms with Gasteiger partial charge in [-0.25, -0.2) is 9.48 Å². The molecule has 0 aliphatic heterocycles. The van der Waals surface area contributed by atoms with Gasteiger partial charge in [0.1, 0.15) is 12.3 Å². The summed E-state index contributed by atoms with van der Waals surface area (Å²) in [5, 5.41) is 11.2. The molecule has 1 amide bonds. The van der Waals surface area contributed by atoms with Crippen LogP contribution in [0.2, 0.25) is 0 Å². The Morgan fingerprint density at radius 3 is 2.71 bits per heavy atom. The molecular weight excluding hydrogens is 310 g/mol. The van der Waals surface area contributed by atoms with Crippen LogP contribution in [-0.2, 0) is 23.3 Å². The second kappa shape index (κ2) is 5.95. The fraction of sp³-hybridized carbons (Fsp3) is 0.375. The van der Waals surface area contributed by atoms with E-state index in [1.807, 2.05) is 26.8 Å². The van der Waals surface area contributed by atoms with Gasteiger partial charge in [0.25, 0.3) is 0 Å². The van der Waals surface area contributed by atoms with Crippen molar-refractivity contribution in [2.75, 3.05) is 0 Å². The fourth-order valence-electron chi connectivity index (χ4n) is 2.20. The van der Waals surface area contributed by atoms with Crippen molar-refractivity contribution in [3.8, 4) is 0 Å². The van der Waals surface area contributed by atoms with Crippen LogP contribution in [0.25, 0.3) is 5.65 Å². The molecule has 126 valence electrons. The molecule has 3 aromatic rings. The highest BCUT2D eigenvalue weighted by molar-refractivity contribution is 5.75. The maximum absolute atomic E-state index is 12.4. The minimum Gasteiger partial charge on any atom is -0.467 e. The number of rotatable bonds is 4. The first-order valence-corrected chi connectivity index (χ1v) is 7.61. The summed E-state index contributed by atoms with van der Waals surface area (Å²) in [5.41, 5.74) is 0.561. The van der Waals surface area contributed by atoms with E-state index >= 15 is 0 Å². The summed E-state index contributed by atoms with van der Waals surface area (Å²) < 4.78 is 7.46. The Balaban J connectivity index is 1.78. The molecule has 24 heavy (non-hydrogen) atoms. The molecule has 3 heterocycles. The summed E-state index contributed by atoms with van der Waals surface area (Å²) in [4.78, 5) is 24.4. The first-order valence-electron chi connectivity index (χ1n) is 7.61. The second-order valence-electron chi connectivity index (χ2n) is 6.53. The van der Waals surface area contributed by atoms with Crippen LogP contribution < -0.4 is 11.0 Å². The summed E-state index contributed by atoms with van der Waals surface area (Å²) in [6.45, 7) is 6.13. The van der Waals surface area contributed by atoms with E-state index in [2.05, 4.69) is 15.5 Å². The van der Waals surface area contributed by atoms with E-state index < -0.39 is 5.69 Å². The third-order valence-electron chi connectivity index (χ3n) is 3.54. The van der Waals surface area contributed by atoms with Crippen molar-refractivity contribution in [1.82, 2.24) is 24.7 Å². The molecule has 8 nitrogen and oxygen atoms in total. The van der Waals surface area contributed by atoms with Crippen LogP contribution in [0, 0.1) is 0 Å². The van der Waals surface area contributed by atoms with Crippen LogP contribution in [0.5, 0.6) is 0 Å². The zero-order chi connectivity index (χ0) is 17.3. The van der Waals surface area contributed by atoms with Crippen LogP contribution >= 0.6 is 0 Å². The number of amides is 1. The largest absolute Gasteiger partial charge is 0.467 e. The van der Waals surface area contributed by atoms with Gasteiger partial charge < -0.3 is 9.73 Å². The highest BCUT2D eigenvalue weighted by atomic mass is 16.3. The van der Waals surface area contributed by atoms with Gasteiger partial charge in [0.05, 0.1) is 18.5 Å². The average Bonchev–Trinajstić information content (AvgIpc) is 3.13. The molecular formula is C16H19N5O3. The van der Waals surface area contributed by atoms with Crippen molar-refractivity contribution >= 4 is 11.6 Å². The van der Waals surface area contributed by atoms with Crippen molar-refractivity contribution in [1.29, 1.82) is 0 Å². The highest BCUT2D eigenvalue weighted by Gasteiger charge is 2.18. The number of carbonyl (C=O) groups is 1. The van der Waals surface area contributed by atoms with Crippen LogP contribution in [-0.4, -0.2) is 25.3 Å². The minimum absolute atomic E-state index is 0.173. The van der Waals surface area contributed by atoms with E-state index in [4.69, 9.17) is 4.42 Å². The van der Waals surface area contributed by atoms with Gasteiger partial charge in [0.2, 0.25) is 5.91 Å². The topological polar surface area (TPSA) is 94.4 Å². The Labute approximate surface area is 138 Å². The molecule has 0 aliphatic rings. The molecule has 0 bridgehead atoms. The maximum Gasteiger partial charge on any atom is 0.367 e. The molecule has 0 aromatic carbocycles. The Kier molecular flexibility index (Phi) is 3.96. The molecule has 3 aromatic heterocycles. The number of nitrogens with zero attached hydrogens (tertiary/aromatic N) is 4. The number of aromatic nitrogens is 4. The van der Waals surface area contributed by atoms with Crippen molar-refractivity contribution in [2.45, 2.75) is 39.3 Å². The molecule has 0 radical (unpaired) electrons. The zero-order valence-corrected chi connectivity index (χ0v) is 13.8. The summed E-state index contributed by atoms with van der Waals surface area (Å²) in [6.07, 6.45) is 1.53. The molecule has 0 saturated carbocycles. The lowest BCUT2D eigenvalue weighted by molar-refractivity contribution is -0.122. The van der Waals surface area contributed by atoms with Crippen LogP contribution in [0.1, 0.15) is 32.2 Å². The summed E-state index contributed by atoms with van der Waals surface area (Å²) >= 11 is 0. The number of furan rings is 1. The first kappa shape index (κ1) is 16.0. The highest BCUT2D eigenvalue weighted by Crippen LogP contribution is 2.19. The number of carbonyl (C=O) groups excluding carboxylic acids is 1. The van der Waals surface area contributed by atoms with Crippen molar-refractivity contribution in [3.63, 3.8) is 0 Å². The minimum atomic E-state index is -0.441. The lowest BCUT2D eigenvalue weighted by Gasteiger charge is -2.16. The first-order chi connectivity index (χ1) is 11.3. The number of nitrogens with one attached hydrogen (secondary N) is 1. The molecule has 0 saturated heterocycles. The molecule has 0 unspecified atom stereocenters. The Hall–Kier alpha value is -2.90. The van der Waals surface area contributed by atoms with E-state index in [0.29, 0.717) is 11.4 Å². The fourth-order valence-corrected chi connectivity index (χ4v) is 2.20. The number of hydrogen-bond acceptors (Lipinski definition) is 5. The third kappa shape index (κ3) is 3.22. The Morgan fingerprint density at radius 1 is 1.25 bits per heavy atom. The lowest BCUT2D eigenvalue weighted by atomic mass is 9.92. The molecule has 0 aliphatic carbocycles. The monoisotopic (exact) mass is 329 g/mol. The Bertz CT molecular complexity index is 915. The smallest absolute Gasteiger partial charge is 0.367 e. The van der Waals surface area contributed by atoms with Crippen LogP contribution in [0.4, 0.5) is 0 Å². The molecule has 0 spiro atoms. The molecule has 3 rings (SSSR count). The van der Waals surface area contributed by atoms with E-state index in [1.54, 1.807) is 18.2 Å². The maximum atomic E-state index is 12.4. The summed E-state index contributed by atoms with van der Waals surface area (Å²) in [7, 11) is 0. The quantitative estimate of drug-likeness (QED) is 0.773. The van der Waals surface area contributed by atoms with E-state index in [0.717, 1.165) is 10.4 Å². The van der Waals surface area contributed by atoms with Crippen LogP contribution in [0.3, 0.4) is 0 Å². The van der Waals surface area contributed by atoms with Gasteiger partial charge in [0.15, 0.2) is 5.65 Å². The van der Waals surface area contributed by atoms with Crippen molar-refractivity contribution in [2.24, 2.45) is 0 Å². The van der Waals surface area contributed by atoms with E-state index in [1.165, 1.54) is 10.8 Å². The predicted octanol–water partition coefficient (Wildman–Crippen LogP) is 1.10. The number of hydrogen-bond donors (Lipinski definition) is 1. The van der Waals surface area contributed by atoms with Gasteiger partial charge in [-0.2, -0.15) is 9.61 Å². The van der Waals surface area contributed by atoms with Crippen LogP contribution in [0.15, 0.2) is 39.7 Å². The van der Waals surface area contributed by atoms with Gasteiger partial charge >= 0.3 is 5.69 Å². The van der Waals surface area contributed by atoms with Gasteiger partial charge in [-0.15, -0.1) is 5.10 Å². The van der Waals surface area contributed by atoms with E-state index in [-0.39, 0.29) is 24.4 Å². The normalized spacial score (nSPS) is 11.8. The van der Waals surface area contributed by atoms with Gasteiger partial charge in [0, 0.05) is 5.41 Å². The second-order valence-corrected chi connectivity index (χ2v) is 6.53. The molecule has 0 atom stereocenters. The standard InChI is InChI=1S/C16H19N5O3/c1-16(2,3)12-6-7-13-19-20(15(23)21(13)18-12)10-14(22)17-9-11-5-4-8-24-11/h4-8H,9-10H2,1-3H3,(H,17,22). The van der Waals surface area contributed by atoms with Crippen molar-refractivity contribution in [3.05, 3.63) is 52.5 Å². The SMILES string of the molecule is CC(C)(C)c1ccc2nn(CC(=O)NCc3ccco3)c(=O)n2n1. The van der Waals surface area contributed by atoms with Gasteiger partial charge in [-0.3, -0.25) is 4.79 Å².